The Hall–Kier alpha value is -1.99. The highest BCUT2D eigenvalue weighted by atomic mass is 16.5. The van der Waals surface area contributed by atoms with Gasteiger partial charge in [0, 0.05) is 43.8 Å². The Kier molecular flexibility index (Phi) is 3.97. The third kappa shape index (κ3) is 2.89. The molecular formula is C17H23N5O2. The molecule has 1 amide bonds. The van der Waals surface area contributed by atoms with E-state index in [1.807, 2.05) is 12.3 Å². The normalized spacial score (nSPS) is 27.5. The van der Waals surface area contributed by atoms with Crippen LogP contribution in [0.1, 0.15) is 30.8 Å². The maximum Gasteiger partial charge on any atom is 0.271 e. The minimum Gasteiger partial charge on any atom is -0.375 e. The van der Waals surface area contributed by atoms with Gasteiger partial charge in [0.15, 0.2) is 0 Å². The van der Waals surface area contributed by atoms with Crippen LogP contribution in [-0.4, -0.2) is 63.1 Å². The van der Waals surface area contributed by atoms with Crippen molar-refractivity contribution >= 4 is 11.7 Å². The number of rotatable bonds is 3. The first-order chi connectivity index (χ1) is 11.6. The first-order valence-corrected chi connectivity index (χ1v) is 8.56. The van der Waals surface area contributed by atoms with Crippen LogP contribution in [0.2, 0.25) is 0 Å². The Balaban J connectivity index is 1.40. The summed E-state index contributed by atoms with van der Waals surface area (Å²) in [5.74, 6) is 0.927. The van der Waals surface area contributed by atoms with E-state index in [0.29, 0.717) is 29.5 Å². The number of imidazole rings is 1. The molecule has 0 saturated carbocycles. The predicted octanol–water partition coefficient (Wildman–Crippen LogP) is 0.957. The Labute approximate surface area is 141 Å². The lowest BCUT2D eigenvalue weighted by molar-refractivity contribution is -0.0683. The smallest absolute Gasteiger partial charge is 0.271 e. The fourth-order valence-electron chi connectivity index (χ4n) is 3.61. The summed E-state index contributed by atoms with van der Waals surface area (Å²) in [5.41, 5.74) is 0.412. The van der Waals surface area contributed by atoms with Gasteiger partial charge in [-0.2, -0.15) is 0 Å². The second-order valence-electron chi connectivity index (χ2n) is 7.08. The molecule has 4 heterocycles. The molecule has 2 aromatic heterocycles. The van der Waals surface area contributed by atoms with E-state index in [-0.39, 0.29) is 11.9 Å². The SMILES string of the molecule is CC(C)[C@@H]1CN2C[C@H](NC(=O)c3cn4cccnc4n3)C[C@H]2CO1. The summed E-state index contributed by atoms with van der Waals surface area (Å²) in [5, 5.41) is 3.12. The van der Waals surface area contributed by atoms with Crippen molar-refractivity contribution in [3.63, 3.8) is 0 Å². The van der Waals surface area contributed by atoms with Crippen molar-refractivity contribution < 1.29 is 9.53 Å². The van der Waals surface area contributed by atoms with Gasteiger partial charge in [0.1, 0.15) is 5.69 Å². The van der Waals surface area contributed by atoms with E-state index in [1.54, 1.807) is 16.8 Å². The lowest BCUT2D eigenvalue weighted by Crippen LogP contribution is -2.48. The van der Waals surface area contributed by atoms with Crippen LogP contribution in [0.25, 0.3) is 5.78 Å². The van der Waals surface area contributed by atoms with Gasteiger partial charge in [0.05, 0.1) is 12.7 Å². The highest BCUT2D eigenvalue weighted by molar-refractivity contribution is 5.92. The molecule has 2 aliphatic heterocycles. The van der Waals surface area contributed by atoms with E-state index in [0.717, 1.165) is 26.1 Å². The average Bonchev–Trinajstić information content (AvgIpc) is 3.17. The Morgan fingerprint density at radius 2 is 2.29 bits per heavy atom. The first kappa shape index (κ1) is 15.5. The summed E-state index contributed by atoms with van der Waals surface area (Å²) >= 11 is 0. The lowest BCUT2D eigenvalue weighted by Gasteiger charge is -2.36. The zero-order valence-electron chi connectivity index (χ0n) is 14.1. The molecule has 0 radical (unpaired) electrons. The topological polar surface area (TPSA) is 71.8 Å². The van der Waals surface area contributed by atoms with Gasteiger partial charge in [-0.05, 0) is 18.4 Å². The van der Waals surface area contributed by atoms with Crippen LogP contribution < -0.4 is 5.32 Å². The second kappa shape index (κ2) is 6.14. The zero-order valence-corrected chi connectivity index (χ0v) is 14.1. The number of nitrogens with one attached hydrogen (secondary N) is 1. The van der Waals surface area contributed by atoms with E-state index in [9.17, 15) is 4.79 Å². The molecule has 128 valence electrons. The number of hydrogen-bond donors (Lipinski definition) is 1. The van der Waals surface area contributed by atoms with Crippen molar-refractivity contribution in [1.82, 2.24) is 24.6 Å². The molecule has 7 heteroatoms. The van der Waals surface area contributed by atoms with Crippen molar-refractivity contribution in [2.24, 2.45) is 5.92 Å². The zero-order chi connectivity index (χ0) is 16.7. The van der Waals surface area contributed by atoms with E-state index >= 15 is 0 Å². The van der Waals surface area contributed by atoms with Gasteiger partial charge < -0.3 is 10.1 Å². The summed E-state index contributed by atoms with van der Waals surface area (Å²) in [6, 6.07) is 2.37. The van der Waals surface area contributed by atoms with Crippen molar-refractivity contribution in [3.05, 3.63) is 30.4 Å². The van der Waals surface area contributed by atoms with Crippen LogP contribution in [0, 0.1) is 5.92 Å². The van der Waals surface area contributed by atoms with Crippen LogP contribution in [0.3, 0.4) is 0 Å². The number of fused-ring (bicyclic) bond motifs is 2. The Morgan fingerprint density at radius 3 is 3.08 bits per heavy atom. The molecule has 0 aromatic carbocycles. The van der Waals surface area contributed by atoms with Crippen molar-refractivity contribution in [3.8, 4) is 0 Å². The minimum atomic E-state index is -0.133. The van der Waals surface area contributed by atoms with E-state index in [1.165, 1.54) is 0 Å². The molecule has 2 aromatic rings. The van der Waals surface area contributed by atoms with Gasteiger partial charge in [-0.1, -0.05) is 13.8 Å². The van der Waals surface area contributed by atoms with E-state index in [4.69, 9.17) is 4.74 Å². The molecule has 2 fully saturated rings. The van der Waals surface area contributed by atoms with Gasteiger partial charge in [0.2, 0.25) is 5.78 Å². The Bertz CT molecular complexity index is 710. The summed E-state index contributed by atoms with van der Waals surface area (Å²) in [6.45, 7) is 6.98. The standard InChI is InChI=1S/C17H23N5O2/c1-11(2)15-9-22-7-12(6-13(22)10-24-15)19-16(23)14-8-21-5-3-4-18-17(21)20-14/h3-5,8,11-13,15H,6-7,9-10H2,1-2H3,(H,19,23)/t12-,13+,15+/m1/s1. The molecule has 0 aliphatic carbocycles. The third-order valence-electron chi connectivity index (χ3n) is 4.99. The predicted molar refractivity (Wildman–Crippen MR) is 88.8 cm³/mol. The summed E-state index contributed by atoms with van der Waals surface area (Å²) in [6.07, 6.45) is 6.45. The van der Waals surface area contributed by atoms with Crippen molar-refractivity contribution in [2.75, 3.05) is 19.7 Å². The highest BCUT2D eigenvalue weighted by Gasteiger charge is 2.38. The number of carbonyl (C=O) groups is 1. The summed E-state index contributed by atoms with van der Waals surface area (Å²) in [7, 11) is 0. The molecule has 24 heavy (non-hydrogen) atoms. The molecule has 2 saturated heterocycles. The minimum absolute atomic E-state index is 0.133. The number of amides is 1. The fraction of sp³-hybridized carbons (Fsp3) is 0.588. The molecule has 1 N–H and O–H groups in total. The van der Waals surface area contributed by atoms with Gasteiger partial charge in [-0.15, -0.1) is 0 Å². The quantitative estimate of drug-likeness (QED) is 0.908. The second-order valence-corrected chi connectivity index (χ2v) is 7.08. The van der Waals surface area contributed by atoms with Crippen LogP contribution in [-0.2, 0) is 4.74 Å². The van der Waals surface area contributed by atoms with Gasteiger partial charge in [0.25, 0.3) is 5.91 Å². The maximum atomic E-state index is 12.5. The molecule has 4 rings (SSSR count). The largest absolute Gasteiger partial charge is 0.375 e. The highest BCUT2D eigenvalue weighted by Crippen LogP contribution is 2.25. The monoisotopic (exact) mass is 329 g/mol. The molecule has 7 nitrogen and oxygen atoms in total. The van der Waals surface area contributed by atoms with Crippen LogP contribution in [0.4, 0.5) is 0 Å². The van der Waals surface area contributed by atoms with Crippen LogP contribution in [0.5, 0.6) is 0 Å². The number of hydrogen-bond acceptors (Lipinski definition) is 5. The number of nitrogens with zero attached hydrogens (tertiary/aromatic N) is 4. The van der Waals surface area contributed by atoms with E-state index in [2.05, 4.69) is 34.0 Å². The molecule has 0 bridgehead atoms. The molecule has 0 unspecified atom stereocenters. The average molecular weight is 329 g/mol. The third-order valence-corrected chi connectivity index (χ3v) is 4.99. The number of morpholine rings is 1. The molecule has 3 atom stereocenters. The molecular weight excluding hydrogens is 306 g/mol. The van der Waals surface area contributed by atoms with Crippen molar-refractivity contribution in [1.29, 1.82) is 0 Å². The molecule has 0 spiro atoms. The summed E-state index contributed by atoms with van der Waals surface area (Å²) < 4.78 is 7.71. The van der Waals surface area contributed by atoms with Gasteiger partial charge in [-0.25, -0.2) is 9.97 Å². The summed E-state index contributed by atoms with van der Waals surface area (Å²) in [4.78, 5) is 23.4. The first-order valence-electron chi connectivity index (χ1n) is 8.56. The van der Waals surface area contributed by atoms with Crippen LogP contribution >= 0.6 is 0 Å². The molecule has 2 aliphatic rings. The number of carbonyl (C=O) groups excluding carboxylic acids is 1. The maximum absolute atomic E-state index is 12.5. The van der Waals surface area contributed by atoms with Gasteiger partial charge in [-0.3, -0.25) is 14.1 Å². The Morgan fingerprint density at radius 1 is 1.42 bits per heavy atom. The number of aromatic nitrogens is 3. The van der Waals surface area contributed by atoms with Crippen LogP contribution in [0.15, 0.2) is 24.7 Å². The number of ether oxygens (including phenoxy) is 1. The van der Waals surface area contributed by atoms with E-state index < -0.39 is 0 Å². The lowest BCUT2D eigenvalue weighted by atomic mass is 10.0. The van der Waals surface area contributed by atoms with Crippen molar-refractivity contribution in [2.45, 2.75) is 38.5 Å². The fourth-order valence-corrected chi connectivity index (χ4v) is 3.61. The van der Waals surface area contributed by atoms with Gasteiger partial charge >= 0.3 is 0 Å².